The Labute approximate surface area is 120 Å². The number of rotatable bonds is 3. The maximum absolute atomic E-state index is 12.6. The number of benzene rings is 1. The Kier molecular flexibility index (Phi) is 3.51. The van der Waals surface area contributed by atoms with Crippen molar-refractivity contribution in [3.63, 3.8) is 0 Å². The third kappa shape index (κ3) is 1.97. The van der Waals surface area contributed by atoms with Gasteiger partial charge in [-0.05, 0) is 11.6 Å². The molecule has 21 heavy (non-hydrogen) atoms. The second-order valence-electron chi connectivity index (χ2n) is 4.75. The molecule has 0 radical (unpaired) electrons. The van der Waals surface area contributed by atoms with Crippen LogP contribution in [0.5, 0.6) is 0 Å². The number of esters is 1. The first-order valence-electron chi connectivity index (χ1n) is 6.15. The van der Waals surface area contributed by atoms with Gasteiger partial charge in [0.25, 0.3) is 11.8 Å². The van der Waals surface area contributed by atoms with Crippen molar-refractivity contribution < 1.29 is 23.9 Å². The number of nitrogens with zero attached hydrogens (tertiary/aromatic N) is 1. The Balaban J connectivity index is 2.81. The molecule has 0 aromatic heterocycles. The number of primary amides is 1. The largest absolute Gasteiger partial charge is 0.468 e. The molecule has 1 aliphatic rings. The Morgan fingerprint density at radius 2 is 1.90 bits per heavy atom. The zero-order valence-corrected chi connectivity index (χ0v) is 11.6. The fourth-order valence-corrected chi connectivity index (χ4v) is 2.59. The lowest BCUT2D eigenvalue weighted by Gasteiger charge is -2.37. The first-order valence-corrected chi connectivity index (χ1v) is 6.15. The molecule has 0 saturated carbocycles. The van der Waals surface area contributed by atoms with Gasteiger partial charge in [-0.1, -0.05) is 18.2 Å². The number of carbonyl (C=O) groups excluding carboxylic acids is 4. The molecule has 0 aliphatic carbocycles. The minimum absolute atomic E-state index is 0.142. The maximum atomic E-state index is 12.6. The van der Waals surface area contributed by atoms with E-state index in [2.05, 4.69) is 0 Å². The second-order valence-corrected chi connectivity index (χ2v) is 4.75. The summed E-state index contributed by atoms with van der Waals surface area (Å²) in [6, 6.07) is 6.12. The van der Waals surface area contributed by atoms with Gasteiger partial charge in [0.2, 0.25) is 5.91 Å². The molecule has 7 nitrogen and oxygen atoms in total. The van der Waals surface area contributed by atoms with Crippen LogP contribution >= 0.6 is 0 Å². The summed E-state index contributed by atoms with van der Waals surface area (Å²) in [6.07, 6.45) is -0.562. The minimum Gasteiger partial charge on any atom is -0.468 e. The molecule has 0 bridgehead atoms. The Morgan fingerprint density at radius 1 is 1.29 bits per heavy atom. The summed E-state index contributed by atoms with van der Waals surface area (Å²) in [7, 11) is 2.36. The highest BCUT2D eigenvalue weighted by Crippen LogP contribution is 2.38. The van der Waals surface area contributed by atoms with Crippen molar-refractivity contribution in [2.75, 3.05) is 14.2 Å². The van der Waals surface area contributed by atoms with Gasteiger partial charge in [0.15, 0.2) is 5.41 Å². The van der Waals surface area contributed by atoms with Crippen molar-refractivity contribution in [1.82, 2.24) is 4.90 Å². The predicted molar refractivity (Wildman–Crippen MR) is 71.0 cm³/mol. The molecule has 1 unspecified atom stereocenters. The summed E-state index contributed by atoms with van der Waals surface area (Å²) in [5, 5.41) is 0. The summed E-state index contributed by atoms with van der Waals surface area (Å²) >= 11 is 0. The number of amides is 3. The molecule has 1 atom stereocenters. The van der Waals surface area contributed by atoms with Crippen LogP contribution in [0.2, 0.25) is 0 Å². The quantitative estimate of drug-likeness (QED) is 0.462. The van der Waals surface area contributed by atoms with Crippen LogP contribution in [-0.4, -0.2) is 42.7 Å². The van der Waals surface area contributed by atoms with Crippen molar-refractivity contribution >= 4 is 23.7 Å². The van der Waals surface area contributed by atoms with Crippen LogP contribution in [0.25, 0.3) is 0 Å². The maximum Gasteiger partial charge on any atom is 0.326 e. The number of methoxy groups -OCH3 is 1. The molecule has 0 spiro atoms. The van der Waals surface area contributed by atoms with Crippen LogP contribution in [0.15, 0.2) is 24.3 Å². The van der Waals surface area contributed by atoms with Crippen LogP contribution < -0.4 is 5.73 Å². The van der Waals surface area contributed by atoms with Gasteiger partial charge < -0.3 is 10.5 Å². The molecule has 7 heteroatoms. The number of hydrogen-bond acceptors (Lipinski definition) is 5. The van der Waals surface area contributed by atoms with E-state index < -0.39 is 35.5 Å². The number of nitrogens with two attached hydrogens (primary N) is 1. The van der Waals surface area contributed by atoms with Gasteiger partial charge in [0.1, 0.15) is 0 Å². The van der Waals surface area contributed by atoms with Crippen molar-refractivity contribution in [2.45, 2.75) is 11.8 Å². The number of hydrogen-bond donors (Lipinski definition) is 1. The van der Waals surface area contributed by atoms with Crippen molar-refractivity contribution in [2.24, 2.45) is 5.73 Å². The molecule has 1 heterocycles. The number of likely N-dealkylation sites (N-methyl/N-ethyl adjacent to an activating group) is 1. The molecule has 0 fully saturated rings. The number of fused-ring (bicyclic) bond motifs is 1. The van der Waals surface area contributed by atoms with Gasteiger partial charge in [-0.25, -0.2) is 0 Å². The lowest BCUT2D eigenvalue weighted by Crippen LogP contribution is -2.58. The van der Waals surface area contributed by atoms with E-state index in [-0.39, 0.29) is 11.1 Å². The lowest BCUT2D eigenvalue weighted by molar-refractivity contribution is -0.157. The first-order chi connectivity index (χ1) is 9.86. The van der Waals surface area contributed by atoms with Gasteiger partial charge in [0, 0.05) is 12.6 Å². The van der Waals surface area contributed by atoms with E-state index in [4.69, 9.17) is 10.5 Å². The molecule has 2 rings (SSSR count). The molecular formula is C14H14N2O5. The highest BCUT2D eigenvalue weighted by Gasteiger charge is 2.56. The van der Waals surface area contributed by atoms with Gasteiger partial charge >= 0.3 is 5.97 Å². The van der Waals surface area contributed by atoms with Crippen LogP contribution in [0.1, 0.15) is 22.3 Å². The van der Waals surface area contributed by atoms with E-state index in [1.54, 1.807) is 12.1 Å². The van der Waals surface area contributed by atoms with Gasteiger partial charge in [0.05, 0.1) is 13.5 Å². The van der Waals surface area contributed by atoms with E-state index >= 15 is 0 Å². The van der Waals surface area contributed by atoms with E-state index in [1.807, 2.05) is 0 Å². The van der Waals surface area contributed by atoms with Crippen LogP contribution in [0, 0.1) is 0 Å². The average Bonchev–Trinajstić information content (AvgIpc) is 2.48. The summed E-state index contributed by atoms with van der Waals surface area (Å²) in [4.78, 5) is 49.2. The SMILES string of the molecule is COC(=O)C1(CC(N)=O)C(=O)N(C)C(=O)c2ccccc21. The molecular weight excluding hydrogens is 276 g/mol. The topological polar surface area (TPSA) is 107 Å². The monoisotopic (exact) mass is 290 g/mol. The normalized spacial score (nSPS) is 21.0. The molecule has 2 N–H and O–H groups in total. The number of ether oxygens (including phenoxy) is 1. The molecule has 0 saturated heterocycles. The summed E-state index contributed by atoms with van der Waals surface area (Å²) in [6.45, 7) is 0. The van der Waals surface area contributed by atoms with E-state index in [0.717, 1.165) is 12.0 Å². The van der Waals surface area contributed by atoms with Crippen LogP contribution in [-0.2, 0) is 24.5 Å². The number of imide groups is 1. The van der Waals surface area contributed by atoms with Gasteiger partial charge in [-0.2, -0.15) is 0 Å². The van der Waals surface area contributed by atoms with E-state index in [9.17, 15) is 19.2 Å². The standard InChI is InChI=1S/C14H14N2O5/c1-16-11(18)8-5-3-4-6-9(8)14(12(16)19,7-10(15)17)13(20)21-2/h3-6H,7H2,1-2H3,(H2,15,17). The van der Waals surface area contributed by atoms with Crippen LogP contribution in [0.3, 0.4) is 0 Å². The van der Waals surface area contributed by atoms with E-state index in [0.29, 0.717) is 0 Å². The zero-order chi connectivity index (χ0) is 15.8. The fraction of sp³-hybridized carbons (Fsp3) is 0.286. The summed E-state index contributed by atoms with van der Waals surface area (Å²) < 4.78 is 4.70. The Morgan fingerprint density at radius 3 is 2.48 bits per heavy atom. The van der Waals surface area contributed by atoms with Crippen molar-refractivity contribution in [3.8, 4) is 0 Å². The first kappa shape index (κ1) is 14.7. The highest BCUT2D eigenvalue weighted by molar-refractivity contribution is 6.22. The third-order valence-corrected chi connectivity index (χ3v) is 3.56. The third-order valence-electron chi connectivity index (χ3n) is 3.56. The smallest absolute Gasteiger partial charge is 0.326 e. The van der Waals surface area contributed by atoms with Gasteiger partial charge in [-0.15, -0.1) is 0 Å². The number of carbonyl (C=O) groups is 4. The fourth-order valence-electron chi connectivity index (χ4n) is 2.59. The van der Waals surface area contributed by atoms with Gasteiger partial charge in [-0.3, -0.25) is 24.1 Å². The molecule has 110 valence electrons. The minimum atomic E-state index is -1.92. The lowest BCUT2D eigenvalue weighted by atomic mass is 9.71. The summed E-state index contributed by atoms with van der Waals surface area (Å²) in [5.41, 5.74) is 3.60. The Bertz CT molecular complexity index is 655. The Hall–Kier alpha value is -2.70. The van der Waals surface area contributed by atoms with E-state index in [1.165, 1.54) is 19.2 Å². The van der Waals surface area contributed by atoms with Crippen molar-refractivity contribution in [3.05, 3.63) is 35.4 Å². The average molecular weight is 290 g/mol. The predicted octanol–water partition coefficient (Wildman–Crippen LogP) is -0.415. The van der Waals surface area contributed by atoms with Crippen molar-refractivity contribution in [1.29, 1.82) is 0 Å². The molecule has 3 amide bonds. The molecule has 1 aliphatic heterocycles. The summed E-state index contributed by atoms with van der Waals surface area (Å²) in [5.74, 6) is -3.12. The second kappa shape index (κ2) is 5.01. The van der Waals surface area contributed by atoms with Crippen LogP contribution in [0.4, 0.5) is 0 Å². The molecule has 1 aromatic rings. The molecule has 1 aromatic carbocycles. The highest BCUT2D eigenvalue weighted by atomic mass is 16.5. The zero-order valence-electron chi connectivity index (χ0n) is 11.6.